The number of carbonyl (C=O) groups excluding carboxylic acids is 1. The van der Waals surface area contributed by atoms with Crippen LogP contribution in [0.4, 0.5) is 5.82 Å². The Bertz CT molecular complexity index is 1170. The van der Waals surface area contributed by atoms with Crippen LogP contribution in [0, 0.1) is 0 Å². The van der Waals surface area contributed by atoms with Crippen LogP contribution in [0.15, 0.2) is 59.3 Å². The van der Waals surface area contributed by atoms with Crippen LogP contribution in [0.3, 0.4) is 0 Å². The number of methoxy groups -OCH3 is 1. The third-order valence-electron chi connectivity index (χ3n) is 7.24. The topological polar surface area (TPSA) is 90.2 Å². The van der Waals surface area contributed by atoms with E-state index in [0.29, 0.717) is 37.6 Å². The molecular formula is C26H28N4O5. The van der Waals surface area contributed by atoms with Crippen molar-refractivity contribution in [2.75, 3.05) is 31.9 Å². The molecule has 0 radical (unpaired) electrons. The molecule has 6 rings (SSSR count). The zero-order valence-corrected chi connectivity index (χ0v) is 19.6. The second-order valence-corrected chi connectivity index (χ2v) is 9.26. The molecule has 0 unspecified atom stereocenters. The van der Waals surface area contributed by atoms with Crippen molar-refractivity contribution in [1.82, 2.24) is 15.0 Å². The summed E-state index contributed by atoms with van der Waals surface area (Å²) < 4.78 is 22.0. The number of ether oxygens (including phenoxy) is 3. The van der Waals surface area contributed by atoms with E-state index in [2.05, 4.69) is 27.2 Å². The molecule has 0 bridgehead atoms. The van der Waals surface area contributed by atoms with Gasteiger partial charge in [0.25, 0.3) is 11.8 Å². The molecule has 9 heteroatoms. The SMILES string of the molecule is COCOc1cc(-c2ccc(N3CCC4(CC3)O[C@@H]3CC[C@@H](c5ccccc5)N3C4=O)nc2)on1. The second kappa shape index (κ2) is 8.98. The number of carbonyl (C=O) groups is 1. The largest absolute Gasteiger partial charge is 0.448 e. The Morgan fingerprint density at radius 2 is 1.94 bits per heavy atom. The van der Waals surface area contributed by atoms with Gasteiger partial charge < -0.3 is 28.5 Å². The Hall–Kier alpha value is -3.43. The highest BCUT2D eigenvalue weighted by Gasteiger charge is 2.57. The molecule has 0 aliphatic carbocycles. The summed E-state index contributed by atoms with van der Waals surface area (Å²) in [6.45, 7) is 1.54. The molecule has 0 saturated carbocycles. The van der Waals surface area contributed by atoms with Crippen LogP contribution in [-0.2, 0) is 14.3 Å². The van der Waals surface area contributed by atoms with E-state index in [-0.39, 0.29) is 25.0 Å². The zero-order valence-electron chi connectivity index (χ0n) is 19.6. The molecular weight excluding hydrogens is 448 g/mol. The minimum Gasteiger partial charge on any atom is -0.448 e. The van der Waals surface area contributed by atoms with Gasteiger partial charge in [-0.25, -0.2) is 4.98 Å². The Kier molecular flexibility index (Phi) is 5.66. The molecule has 1 amide bonds. The molecule has 9 nitrogen and oxygen atoms in total. The van der Waals surface area contributed by atoms with E-state index in [9.17, 15) is 4.79 Å². The van der Waals surface area contributed by atoms with Gasteiger partial charge in [0.15, 0.2) is 18.2 Å². The van der Waals surface area contributed by atoms with Gasteiger partial charge in [0.05, 0.1) is 6.04 Å². The lowest BCUT2D eigenvalue weighted by molar-refractivity contribution is -0.140. The van der Waals surface area contributed by atoms with Crippen molar-refractivity contribution < 1.29 is 23.5 Å². The van der Waals surface area contributed by atoms with Gasteiger partial charge >= 0.3 is 0 Å². The summed E-state index contributed by atoms with van der Waals surface area (Å²) in [5.41, 5.74) is 1.28. The van der Waals surface area contributed by atoms with Gasteiger partial charge in [0.1, 0.15) is 12.0 Å². The maximum absolute atomic E-state index is 13.6. The smallest absolute Gasteiger partial charge is 0.257 e. The van der Waals surface area contributed by atoms with Crippen molar-refractivity contribution in [2.45, 2.75) is 43.6 Å². The first-order valence-electron chi connectivity index (χ1n) is 12.0. The molecule has 35 heavy (non-hydrogen) atoms. The van der Waals surface area contributed by atoms with Crippen LogP contribution in [-0.4, -0.2) is 59.8 Å². The van der Waals surface area contributed by atoms with Crippen molar-refractivity contribution >= 4 is 11.7 Å². The second-order valence-electron chi connectivity index (χ2n) is 9.26. The average Bonchev–Trinajstić information content (AvgIpc) is 3.61. The van der Waals surface area contributed by atoms with E-state index < -0.39 is 5.60 Å². The van der Waals surface area contributed by atoms with E-state index in [0.717, 1.165) is 24.2 Å². The lowest BCUT2D eigenvalue weighted by Crippen LogP contribution is -2.50. The van der Waals surface area contributed by atoms with Crippen molar-refractivity contribution in [1.29, 1.82) is 0 Å². The van der Waals surface area contributed by atoms with Crippen molar-refractivity contribution in [3.8, 4) is 17.2 Å². The fraction of sp³-hybridized carbons (Fsp3) is 0.423. The van der Waals surface area contributed by atoms with Crippen LogP contribution in [0.5, 0.6) is 5.88 Å². The number of nitrogens with zero attached hydrogens (tertiary/aromatic N) is 4. The molecule has 3 fully saturated rings. The van der Waals surface area contributed by atoms with E-state index in [1.54, 1.807) is 19.4 Å². The van der Waals surface area contributed by atoms with Gasteiger partial charge in [0.2, 0.25) is 0 Å². The molecule has 2 atom stereocenters. The van der Waals surface area contributed by atoms with Crippen molar-refractivity contribution in [3.05, 3.63) is 60.3 Å². The molecule has 0 N–H and O–H groups in total. The fourth-order valence-corrected chi connectivity index (χ4v) is 5.45. The molecule has 3 aliphatic heterocycles. The Morgan fingerprint density at radius 3 is 2.69 bits per heavy atom. The number of aromatic nitrogens is 2. The average molecular weight is 477 g/mol. The van der Waals surface area contributed by atoms with Crippen LogP contribution in [0.1, 0.15) is 37.3 Å². The van der Waals surface area contributed by atoms with E-state index >= 15 is 0 Å². The monoisotopic (exact) mass is 476 g/mol. The zero-order chi connectivity index (χ0) is 23.8. The maximum atomic E-state index is 13.6. The summed E-state index contributed by atoms with van der Waals surface area (Å²) in [6.07, 6.45) is 4.80. The summed E-state index contributed by atoms with van der Waals surface area (Å²) in [6, 6.07) is 16.0. The fourth-order valence-electron chi connectivity index (χ4n) is 5.45. The number of pyridine rings is 1. The number of hydrogen-bond donors (Lipinski definition) is 0. The lowest BCUT2D eigenvalue weighted by atomic mass is 9.89. The third-order valence-corrected chi connectivity index (χ3v) is 7.24. The van der Waals surface area contributed by atoms with Crippen LogP contribution >= 0.6 is 0 Å². The number of hydrogen-bond acceptors (Lipinski definition) is 8. The number of fused-ring (bicyclic) bond motifs is 1. The molecule has 3 saturated heterocycles. The molecule has 182 valence electrons. The number of anilines is 1. The summed E-state index contributed by atoms with van der Waals surface area (Å²) in [5, 5.41) is 3.87. The Labute approximate surface area is 203 Å². The first kappa shape index (κ1) is 22.1. The standard InChI is InChI=1S/C26H28N4O5/c1-32-17-33-23-15-21(35-28-23)19-7-9-22(27-16-19)29-13-11-26(12-14-29)25(31)30-20(8-10-24(30)34-26)18-5-3-2-4-6-18/h2-7,9,15-16,20,24H,8,10-14,17H2,1H3/t20-,24+/m0/s1. The van der Waals surface area contributed by atoms with Gasteiger partial charge in [-0.1, -0.05) is 30.3 Å². The highest BCUT2D eigenvalue weighted by molar-refractivity contribution is 5.88. The van der Waals surface area contributed by atoms with Crippen LogP contribution < -0.4 is 9.64 Å². The van der Waals surface area contributed by atoms with Gasteiger partial charge in [-0.3, -0.25) is 4.79 Å². The summed E-state index contributed by atoms with van der Waals surface area (Å²) >= 11 is 0. The first-order valence-corrected chi connectivity index (χ1v) is 12.0. The van der Waals surface area contributed by atoms with Crippen LogP contribution in [0.25, 0.3) is 11.3 Å². The van der Waals surface area contributed by atoms with Gasteiger partial charge in [-0.15, -0.1) is 0 Å². The Morgan fingerprint density at radius 1 is 1.11 bits per heavy atom. The van der Waals surface area contributed by atoms with Crippen LogP contribution in [0.2, 0.25) is 0 Å². The minimum atomic E-state index is -0.715. The molecule has 2 aromatic heterocycles. The maximum Gasteiger partial charge on any atom is 0.257 e. The van der Waals surface area contributed by atoms with Gasteiger partial charge in [-0.2, -0.15) is 0 Å². The molecule has 3 aromatic rings. The molecule has 1 aromatic carbocycles. The molecule has 3 aliphatic rings. The van der Waals surface area contributed by atoms with Crippen molar-refractivity contribution in [2.24, 2.45) is 0 Å². The van der Waals surface area contributed by atoms with Crippen molar-refractivity contribution in [3.63, 3.8) is 0 Å². The first-order chi connectivity index (χ1) is 17.2. The van der Waals surface area contributed by atoms with E-state index in [1.165, 1.54) is 5.56 Å². The van der Waals surface area contributed by atoms with E-state index in [4.69, 9.17) is 18.7 Å². The van der Waals surface area contributed by atoms with E-state index in [1.807, 2.05) is 35.2 Å². The summed E-state index contributed by atoms with van der Waals surface area (Å²) in [4.78, 5) is 22.4. The number of piperidine rings is 1. The summed E-state index contributed by atoms with van der Waals surface area (Å²) in [7, 11) is 1.55. The number of benzene rings is 1. The number of amides is 1. The predicted octanol–water partition coefficient (Wildman–Crippen LogP) is 3.78. The molecule has 5 heterocycles. The highest BCUT2D eigenvalue weighted by Crippen LogP contribution is 2.47. The number of rotatable bonds is 6. The summed E-state index contributed by atoms with van der Waals surface area (Å²) in [5.74, 6) is 1.95. The lowest BCUT2D eigenvalue weighted by Gasteiger charge is -2.38. The minimum absolute atomic E-state index is 0.108. The molecule has 1 spiro atoms. The Balaban J connectivity index is 1.11. The quantitative estimate of drug-likeness (QED) is 0.497. The van der Waals surface area contributed by atoms with Gasteiger partial charge in [-0.05, 0) is 35.7 Å². The van der Waals surface area contributed by atoms with Gasteiger partial charge in [0, 0.05) is 50.9 Å². The normalized spacial score (nSPS) is 23.2. The third kappa shape index (κ3) is 3.94. The highest BCUT2D eigenvalue weighted by atomic mass is 16.7. The predicted molar refractivity (Wildman–Crippen MR) is 127 cm³/mol.